The SMILES string of the molecule is CC(C)(C)c1cnc(COCCOC(CC(C)(C)c2cnc(CC3CC3)[nH]2)C2CC(Cc3ncc(C(C)(C)C)[nH]3)C2)[nH]1. The predicted octanol–water partition coefficient (Wildman–Crippen LogP) is 6.94. The molecule has 1 unspecified atom stereocenters. The smallest absolute Gasteiger partial charge is 0.132 e. The van der Waals surface area contributed by atoms with Gasteiger partial charge < -0.3 is 24.4 Å². The monoisotopic (exact) mass is 578 g/mol. The van der Waals surface area contributed by atoms with Crippen LogP contribution in [0, 0.1) is 17.8 Å². The molecule has 0 saturated heterocycles. The van der Waals surface area contributed by atoms with Crippen molar-refractivity contribution in [1.29, 1.82) is 0 Å². The minimum Gasteiger partial charge on any atom is -0.376 e. The number of aromatic nitrogens is 6. The summed E-state index contributed by atoms with van der Waals surface area (Å²) in [5.74, 6) is 5.13. The molecule has 3 N–H and O–H groups in total. The van der Waals surface area contributed by atoms with Crippen LogP contribution in [0.25, 0.3) is 0 Å². The first kappa shape index (κ1) is 31.0. The molecule has 232 valence electrons. The van der Waals surface area contributed by atoms with Crippen LogP contribution in [0.2, 0.25) is 0 Å². The molecule has 2 saturated carbocycles. The van der Waals surface area contributed by atoms with E-state index in [9.17, 15) is 0 Å². The molecular weight excluding hydrogens is 524 g/mol. The summed E-state index contributed by atoms with van der Waals surface area (Å²) in [6.45, 7) is 19.5. The molecule has 0 amide bonds. The topological polar surface area (TPSA) is 104 Å². The number of imidazole rings is 3. The first-order valence-electron chi connectivity index (χ1n) is 16.1. The average Bonchev–Trinajstić information content (AvgIpc) is 3.27. The van der Waals surface area contributed by atoms with Crippen LogP contribution in [0.15, 0.2) is 18.6 Å². The third-order valence-electron chi connectivity index (χ3n) is 9.20. The highest BCUT2D eigenvalue weighted by Gasteiger charge is 2.39. The van der Waals surface area contributed by atoms with Crippen LogP contribution < -0.4 is 0 Å². The number of hydrogen-bond acceptors (Lipinski definition) is 5. The molecule has 3 heterocycles. The van der Waals surface area contributed by atoms with Crippen molar-refractivity contribution in [3.05, 3.63) is 53.1 Å². The van der Waals surface area contributed by atoms with E-state index in [0.29, 0.717) is 31.7 Å². The summed E-state index contributed by atoms with van der Waals surface area (Å²) in [6.07, 6.45) is 14.2. The molecule has 0 bridgehead atoms. The minimum atomic E-state index is -0.0500. The van der Waals surface area contributed by atoms with Crippen LogP contribution >= 0.6 is 0 Å². The summed E-state index contributed by atoms with van der Waals surface area (Å²) in [6, 6.07) is 0. The number of nitrogens with one attached hydrogen (secondary N) is 3. The lowest BCUT2D eigenvalue weighted by Crippen LogP contribution is -2.40. The van der Waals surface area contributed by atoms with Crippen molar-refractivity contribution < 1.29 is 9.47 Å². The third kappa shape index (κ3) is 8.13. The second-order valence-corrected chi connectivity index (χ2v) is 15.7. The van der Waals surface area contributed by atoms with Crippen molar-refractivity contribution >= 4 is 0 Å². The van der Waals surface area contributed by atoms with E-state index >= 15 is 0 Å². The number of rotatable bonds is 14. The fraction of sp³-hybridized carbons (Fsp3) is 0.735. The molecule has 3 aromatic rings. The van der Waals surface area contributed by atoms with Gasteiger partial charge in [-0.15, -0.1) is 0 Å². The number of H-pyrrole nitrogens is 3. The lowest BCUT2D eigenvalue weighted by molar-refractivity contribution is -0.0667. The fourth-order valence-corrected chi connectivity index (χ4v) is 6.00. The van der Waals surface area contributed by atoms with Gasteiger partial charge in [0.05, 0.1) is 19.3 Å². The van der Waals surface area contributed by atoms with E-state index in [4.69, 9.17) is 14.5 Å². The van der Waals surface area contributed by atoms with Gasteiger partial charge in [-0.25, -0.2) is 15.0 Å². The van der Waals surface area contributed by atoms with Gasteiger partial charge in [-0.1, -0.05) is 55.4 Å². The molecule has 2 aliphatic rings. The highest BCUT2D eigenvalue weighted by atomic mass is 16.5. The highest BCUT2D eigenvalue weighted by Crippen LogP contribution is 2.43. The summed E-state index contributed by atoms with van der Waals surface area (Å²) in [4.78, 5) is 24.5. The number of ether oxygens (including phenoxy) is 2. The summed E-state index contributed by atoms with van der Waals surface area (Å²) in [7, 11) is 0. The number of hydrogen-bond donors (Lipinski definition) is 3. The largest absolute Gasteiger partial charge is 0.376 e. The summed E-state index contributed by atoms with van der Waals surface area (Å²) < 4.78 is 12.6. The first-order valence-corrected chi connectivity index (χ1v) is 16.1. The van der Waals surface area contributed by atoms with Gasteiger partial charge in [-0.3, -0.25) is 0 Å². The fourth-order valence-electron chi connectivity index (χ4n) is 6.00. The molecule has 0 radical (unpaired) electrons. The van der Waals surface area contributed by atoms with Gasteiger partial charge in [0, 0.05) is 64.8 Å². The third-order valence-corrected chi connectivity index (χ3v) is 9.20. The molecule has 0 aromatic carbocycles. The number of aromatic amines is 3. The Hall–Kier alpha value is -2.45. The van der Waals surface area contributed by atoms with Crippen molar-refractivity contribution in [3.8, 4) is 0 Å². The van der Waals surface area contributed by atoms with E-state index in [2.05, 4.69) is 86.5 Å². The Morgan fingerprint density at radius 2 is 1.24 bits per heavy atom. The molecule has 8 heteroatoms. The quantitative estimate of drug-likeness (QED) is 0.180. The van der Waals surface area contributed by atoms with Crippen molar-refractivity contribution in [1.82, 2.24) is 29.9 Å². The maximum atomic E-state index is 6.62. The molecule has 5 rings (SSSR count). The zero-order valence-corrected chi connectivity index (χ0v) is 27.3. The Balaban J connectivity index is 1.15. The van der Waals surface area contributed by atoms with Gasteiger partial charge in [0.25, 0.3) is 0 Å². The van der Waals surface area contributed by atoms with Crippen LogP contribution in [-0.2, 0) is 45.2 Å². The molecule has 1 atom stereocenters. The van der Waals surface area contributed by atoms with Gasteiger partial charge in [-0.05, 0) is 49.9 Å². The zero-order chi connectivity index (χ0) is 30.1. The van der Waals surface area contributed by atoms with Gasteiger partial charge >= 0.3 is 0 Å². The molecule has 2 aliphatic carbocycles. The minimum absolute atomic E-state index is 0.0498. The molecule has 2 fully saturated rings. The Morgan fingerprint density at radius 1 is 0.714 bits per heavy atom. The van der Waals surface area contributed by atoms with E-state index in [1.807, 2.05) is 12.4 Å². The predicted molar refractivity (Wildman–Crippen MR) is 167 cm³/mol. The van der Waals surface area contributed by atoms with E-state index in [0.717, 1.165) is 48.3 Å². The van der Waals surface area contributed by atoms with Crippen LogP contribution in [0.1, 0.15) is 122 Å². The van der Waals surface area contributed by atoms with Crippen molar-refractivity contribution in [2.45, 2.75) is 129 Å². The summed E-state index contributed by atoms with van der Waals surface area (Å²) in [5.41, 5.74) is 3.65. The maximum absolute atomic E-state index is 6.62. The standard InChI is InChI=1S/C34H54N6O2/c1-32(2,3)26-18-35-30(38-26)16-23-13-24(14-23)25(17-34(7,8)28-20-36-29(40-28)15-22-9-10-22)42-12-11-41-21-31-37-19-27(39-31)33(4,5)6/h18-20,22-25H,9-17,21H2,1-8H3,(H,35,38)(H,36,40)(H,37,39). The number of nitrogens with zero attached hydrogens (tertiary/aromatic N) is 3. The summed E-state index contributed by atoms with van der Waals surface area (Å²) >= 11 is 0. The van der Waals surface area contributed by atoms with Gasteiger partial charge in [0.1, 0.15) is 24.1 Å². The lowest BCUT2D eigenvalue weighted by Gasteiger charge is -2.42. The van der Waals surface area contributed by atoms with Crippen molar-refractivity contribution in [2.75, 3.05) is 13.2 Å². The molecule has 0 aliphatic heterocycles. The Kier molecular flexibility index (Phi) is 9.06. The zero-order valence-electron chi connectivity index (χ0n) is 27.3. The maximum Gasteiger partial charge on any atom is 0.132 e. The Bertz CT molecular complexity index is 1280. The van der Waals surface area contributed by atoms with Gasteiger partial charge in [0.2, 0.25) is 0 Å². The van der Waals surface area contributed by atoms with Gasteiger partial charge in [0.15, 0.2) is 0 Å². The van der Waals surface area contributed by atoms with E-state index in [-0.39, 0.29) is 22.3 Å². The van der Waals surface area contributed by atoms with Crippen molar-refractivity contribution in [3.63, 3.8) is 0 Å². The van der Waals surface area contributed by atoms with Crippen molar-refractivity contribution in [2.24, 2.45) is 17.8 Å². The first-order chi connectivity index (χ1) is 19.8. The second-order valence-electron chi connectivity index (χ2n) is 15.7. The average molecular weight is 579 g/mol. The second kappa shape index (κ2) is 12.3. The van der Waals surface area contributed by atoms with Crippen LogP contribution in [0.3, 0.4) is 0 Å². The van der Waals surface area contributed by atoms with E-state index in [1.54, 1.807) is 0 Å². The normalized spacial score (nSPS) is 20.6. The molecule has 8 nitrogen and oxygen atoms in total. The molecule has 42 heavy (non-hydrogen) atoms. The van der Waals surface area contributed by atoms with Crippen LogP contribution in [0.4, 0.5) is 0 Å². The van der Waals surface area contributed by atoms with Crippen LogP contribution in [-0.4, -0.2) is 49.2 Å². The van der Waals surface area contributed by atoms with Crippen LogP contribution in [0.5, 0.6) is 0 Å². The van der Waals surface area contributed by atoms with E-state index < -0.39 is 0 Å². The molecular formula is C34H54N6O2. The molecule has 0 spiro atoms. The van der Waals surface area contributed by atoms with E-state index in [1.165, 1.54) is 37.1 Å². The summed E-state index contributed by atoms with van der Waals surface area (Å²) in [5, 5.41) is 0. The highest BCUT2D eigenvalue weighted by molar-refractivity contribution is 5.15. The Labute approximate surface area is 252 Å². The lowest BCUT2D eigenvalue weighted by atomic mass is 9.67. The molecule has 3 aromatic heterocycles. The van der Waals surface area contributed by atoms with Gasteiger partial charge in [-0.2, -0.15) is 0 Å². The Morgan fingerprint density at radius 3 is 1.81 bits per heavy atom.